The summed E-state index contributed by atoms with van der Waals surface area (Å²) in [5, 5.41) is 12.5. The van der Waals surface area contributed by atoms with Crippen molar-refractivity contribution in [2.45, 2.75) is 39.0 Å². The van der Waals surface area contributed by atoms with Crippen molar-refractivity contribution in [2.24, 2.45) is 5.41 Å². The van der Waals surface area contributed by atoms with Gasteiger partial charge in [-0.2, -0.15) is 0 Å². The maximum absolute atomic E-state index is 11.2. The summed E-state index contributed by atoms with van der Waals surface area (Å²) in [7, 11) is 1.72. The lowest BCUT2D eigenvalue weighted by molar-refractivity contribution is 0.0696. The fourth-order valence-corrected chi connectivity index (χ4v) is 2.35. The third-order valence-corrected chi connectivity index (χ3v) is 4.12. The molecule has 5 heteroatoms. The SMILES string of the molecule is COCCC1(CNc2cc(C(=O)O)cc(C(C)C)n2)CC1. The van der Waals surface area contributed by atoms with Crippen LogP contribution in [0.15, 0.2) is 12.1 Å². The molecule has 21 heavy (non-hydrogen) atoms. The van der Waals surface area contributed by atoms with Gasteiger partial charge in [0.1, 0.15) is 5.82 Å². The van der Waals surface area contributed by atoms with Crippen molar-refractivity contribution in [3.05, 3.63) is 23.4 Å². The second-order valence-electron chi connectivity index (χ2n) is 6.22. The first-order chi connectivity index (χ1) is 9.96. The molecule has 0 amide bonds. The molecule has 1 aliphatic rings. The summed E-state index contributed by atoms with van der Waals surface area (Å²) in [6, 6.07) is 3.26. The summed E-state index contributed by atoms with van der Waals surface area (Å²) in [6.45, 7) is 5.61. The largest absolute Gasteiger partial charge is 0.478 e. The Morgan fingerprint density at radius 2 is 2.19 bits per heavy atom. The molecule has 0 bridgehead atoms. The fourth-order valence-electron chi connectivity index (χ4n) is 2.35. The second kappa shape index (κ2) is 6.43. The van der Waals surface area contributed by atoms with Gasteiger partial charge in [-0.15, -0.1) is 0 Å². The number of methoxy groups -OCH3 is 1. The zero-order valence-corrected chi connectivity index (χ0v) is 13.0. The topological polar surface area (TPSA) is 71.5 Å². The van der Waals surface area contributed by atoms with Gasteiger partial charge in [0, 0.05) is 26.0 Å². The first-order valence-corrected chi connectivity index (χ1v) is 7.44. The van der Waals surface area contributed by atoms with Gasteiger partial charge in [-0.05, 0) is 42.7 Å². The van der Waals surface area contributed by atoms with E-state index in [9.17, 15) is 9.90 Å². The van der Waals surface area contributed by atoms with E-state index in [4.69, 9.17) is 4.74 Å². The number of aromatic carboxylic acids is 1. The predicted molar refractivity (Wildman–Crippen MR) is 81.9 cm³/mol. The Morgan fingerprint density at radius 3 is 2.71 bits per heavy atom. The summed E-state index contributed by atoms with van der Waals surface area (Å²) in [5.41, 5.74) is 1.40. The van der Waals surface area contributed by atoms with Crippen molar-refractivity contribution in [3.8, 4) is 0 Å². The van der Waals surface area contributed by atoms with Crippen molar-refractivity contribution in [3.63, 3.8) is 0 Å². The average Bonchev–Trinajstić information content (AvgIpc) is 3.23. The first-order valence-electron chi connectivity index (χ1n) is 7.44. The lowest BCUT2D eigenvalue weighted by Gasteiger charge is -2.17. The molecule has 0 spiro atoms. The van der Waals surface area contributed by atoms with Crippen LogP contribution in [0.5, 0.6) is 0 Å². The molecule has 0 aromatic carbocycles. The molecule has 0 atom stereocenters. The van der Waals surface area contributed by atoms with E-state index in [-0.39, 0.29) is 11.5 Å². The number of hydrogen-bond acceptors (Lipinski definition) is 4. The van der Waals surface area contributed by atoms with E-state index in [0.717, 1.165) is 25.3 Å². The maximum atomic E-state index is 11.2. The second-order valence-corrected chi connectivity index (χ2v) is 6.22. The van der Waals surface area contributed by atoms with E-state index in [1.54, 1.807) is 19.2 Å². The highest BCUT2D eigenvalue weighted by Crippen LogP contribution is 2.48. The van der Waals surface area contributed by atoms with Crippen molar-refractivity contribution < 1.29 is 14.6 Å². The molecule has 116 valence electrons. The van der Waals surface area contributed by atoms with Crippen LogP contribution in [0, 0.1) is 5.41 Å². The van der Waals surface area contributed by atoms with Crippen LogP contribution < -0.4 is 5.32 Å². The molecule has 0 aliphatic heterocycles. The molecule has 1 saturated carbocycles. The number of carboxylic acid groups (broad SMARTS) is 1. The van der Waals surface area contributed by atoms with Crippen molar-refractivity contribution in [1.82, 2.24) is 4.98 Å². The van der Waals surface area contributed by atoms with Crippen molar-refractivity contribution in [2.75, 3.05) is 25.6 Å². The maximum Gasteiger partial charge on any atom is 0.335 e. The average molecular weight is 292 g/mol. The summed E-state index contributed by atoms with van der Waals surface area (Å²) >= 11 is 0. The molecule has 1 heterocycles. The number of aromatic nitrogens is 1. The number of pyridine rings is 1. The van der Waals surface area contributed by atoms with Gasteiger partial charge in [0.2, 0.25) is 0 Å². The molecule has 1 fully saturated rings. The Bertz CT molecular complexity index is 510. The minimum Gasteiger partial charge on any atom is -0.478 e. The van der Waals surface area contributed by atoms with Gasteiger partial charge in [0.25, 0.3) is 0 Å². The smallest absolute Gasteiger partial charge is 0.335 e. The molecule has 1 aromatic heterocycles. The summed E-state index contributed by atoms with van der Waals surface area (Å²) < 4.78 is 5.15. The number of ether oxygens (including phenoxy) is 1. The van der Waals surface area contributed by atoms with E-state index in [0.29, 0.717) is 11.2 Å². The van der Waals surface area contributed by atoms with Gasteiger partial charge in [-0.3, -0.25) is 0 Å². The minimum absolute atomic E-state index is 0.202. The molecule has 1 aliphatic carbocycles. The third-order valence-electron chi connectivity index (χ3n) is 4.12. The van der Waals surface area contributed by atoms with Crippen LogP contribution in [0.4, 0.5) is 5.82 Å². The lowest BCUT2D eigenvalue weighted by Crippen LogP contribution is -2.18. The zero-order chi connectivity index (χ0) is 15.5. The summed E-state index contributed by atoms with van der Waals surface area (Å²) in [5.74, 6) is -0.0570. The predicted octanol–water partition coefficient (Wildman–Crippen LogP) is 3.13. The number of rotatable bonds is 8. The van der Waals surface area contributed by atoms with Gasteiger partial charge in [-0.25, -0.2) is 9.78 Å². The Labute approximate surface area is 125 Å². The number of nitrogens with zero attached hydrogens (tertiary/aromatic N) is 1. The van der Waals surface area contributed by atoms with Crippen LogP contribution in [0.3, 0.4) is 0 Å². The van der Waals surface area contributed by atoms with E-state index in [1.165, 1.54) is 12.8 Å². The number of nitrogens with one attached hydrogen (secondary N) is 1. The highest BCUT2D eigenvalue weighted by Gasteiger charge is 2.41. The molecule has 2 N–H and O–H groups in total. The summed E-state index contributed by atoms with van der Waals surface area (Å²) in [6.07, 6.45) is 3.42. The van der Waals surface area contributed by atoms with E-state index < -0.39 is 5.97 Å². The van der Waals surface area contributed by atoms with Crippen LogP contribution in [-0.4, -0.2) is 36.3 Å². The fraction of sp³-hybridized carbons (Fsp3) is 0.625. The standard InChI is InChI=1S/C16H24N2O3/c1-11(2)13-8-12(15(19)20)9-14(18-13)17-10-16(4-5-16)6-7-21-3/h8-9,11H,4-7,10H2,1-3H3,(H,17,18)(H,19,20). The number of hydrogen-bond donors (Lipinski definition) is 2. The van der Waals surface area contributed by atoms with Crippen LogP contribution >= 0.6 is 0 Å². The van der Waals surface area contributed by atoms with Crippen molar-refractivity contribution >= 4 is 11.8 Å². The molecule has 2 rings (SSSR count). The molecule has 0 radical (unpaired) electrons. The third kappa shape index (κ3) is 4.17. The quantitative estimate of drug-likeness (QED) is 0.770. The minimum atomic E-state index is -0.914. The number of anilines is 1. The number of carbonyl (C=O) groups is 1. The van der Waals surface area contributed by atoms with Crippen LogP contribution in [0.2, 0.25) is 0 Å². The molecule has 0 saturated heterocycles. The van der Waals surface area contributed by atoms with E-state index >= 15 is 0 Å². The molecule has 5 nitrogen and oxygen atoms in total. The summed E-state index contributed by atoms with van der Waals surface area (Å²) in [4.78, 5) is 15.7. The Balaban J connectivity index is 2.07. The molecular weight excluding hydrogens is 268 g/mol. The Kier molecular flexibility index (Phi) is 4.83. The van der Waals surface area contributed by atoms with Gasteiger partial charge < -0.3 is 15.2 Å². The first kappa shape index (κ1) is 15.8. The highest BCUT2D eigenvalue weighted by atomic mass is 16.5. The van der Waals surface area contributed by atoms with Crippen molar-refractivity contribution in [1.29, 1.82) is 0 Å². The zero-order valence-electron chi connectivity index (χ0n) is 13.0. The molecule has 1 aromatic rings. The molecule has 0 unspecified atom stereocenters. The van der Waals surface area contributed by atoms with Crippen LogP contribution in [0.1, 0.15) is 55.1 Å². The van der Waals surface area contributed by atoms with Crippen LogP contribution in [-0.2, 0) is 4.74 Å². The highest BCUT2D eigenvalue weighted by molar-refractivity contribution is 5.88. The van der Waals surface area contributed by atoms with E-state index in [2.05, 4.69) is 10.3 Å². The molecular formula is C16H24N2O3. The van der Waals surface area contributed by atoms with Gasteiger partial charge in [0.05, 0.1) is 5.56 Å². The lowest BCUT2D eigenvalue weighted by atomic mass is 10.0. The monoisotopic (exact) mass is 292 g/mol. The van der Waals surface area contributed by atoms with Gasteiger partial charge >= 0.3 is 5.97 Å². The Morgan fingerprint density at radius 1 is 1.48 bits per heavy atom. The Hall–Kier alpha value is -1.62. The van der Waals surface area contributed by atoms with Gasteiger partial charge in [0.15, 0.2) is 0 Å². The van der Waals surface area contributed by atoms with E-state index in [1.807, 2.05) is 13.8 Å². The van der Waals surface area contributed by atoms with Gasteiger partial charge in [-0.1, -0.05) is 13.8 Å². The van der Waals surface area contributed by atoms with Crippen LogP contribution in [0.25, 0.3) is 0 Å². The number of carboxylic acids is 1. The normalized spacial score (nSPS) is 16.0.